The molecule has 1 aliphatic rings. The molecule has 0 saturated carbocycles. The molecule has 3 rings (SSSR count). The predicted molar refractivity (Wildman–Crippen MR) is 91.4 cm³/mol. The fourth-order valence-corrected chi connectivity index (χ4v) is 3.28. The number of aryl methyl sites for hydroxylation is 2. The number of β-amino-alcohol motifs (C(OH)–C–C–N with tert-alkyl or cyclic N) is 1. The normalized spacial score (nSPS) is 20.4. The number of amides is 2. The highest BCUT2D eigenvalue weighted by atomic mass is 16.3. The van der Waals surface area contributed by atoms with E-state index in [1.807, 2.05) is 45.2 Å². The van der Waals surface area contributed by atoms with Crippen LogP contribution in [0, 0.1) is 13.8 Å². The van der Waals surface area contributed by atoms with Crippen molar-refractivity contribution in [2.45, 2.75) is 32.4 Å². The second-order valence-electron chi connectivity index (χ2n) is 6.56. The maximum absolute atomic E-state index is 12.4. The van der Waals surface area contributed by atoms with Gasteiger partial charge in [-0.3, -0.25) is 4.68 Å². The van der Waals surface area contributed by atoms with Crippen molar-refractivity contribution in [3.63, 3.8) is 0 Å². The zero-order valence-electron chi connectivity index (χ0n) is 14.4. The molecule has 1 aliphatic heterocycles. The Bertz CT molecular complexity index is 755. The van der Waals surface area contributed by atoms with Gasteiger partial charge in [-0.15, -0.1) is 0 Å². The standard InChI is InChI=1S/C18H24N4O2/c1-13-6-4-5-7-16(13)18(24)8-9-22(12-18)17(23)19-10-15-11-20-21(3)14(15)2/h4-7,11,24H,8-10,12H2,1-3H3,(H,19,23)/t18-/m1/s1. The predicted octanol–water partition coefficient (Wildman–Crippen LogP) is 1.84. The largest absolute Gasteiger partial charge is 0.383 e. The average Bonchev–Trinajstić information content (AvgIpc) is 3.11. The summed E-state index contributed by atoms with van der Waals surface area (Å²) in [4.78, 5) is 14.1. The molecular formula is C18H24N4O2. The number of rotatable bonds is 3. The van der Waals surface area contributed by atoms with Crippen LogP contribution < -0.4 is 5.32 Å². The number of nitrogens with one attached hydrogen (secondary N) is 1. The summed E-state index contributed by atoms with van der Waals surface area (Å²) in [6.07, 6.45) is 2.32. The lowest BCUT2D eigenvalue weighted by molar-refractivity contribution is 0.0487. The Kier molecular flexibility index (Phi) is 4.32. The van der Waals surface area contributed by atoms with E-state index in [4.69, 9.17) is 0 Å². The zero-order valence-corrected chi connectivity index (χ0v) is 14.4. The summed E-state index contributed by atoms with van der Waals surface area (Å²) in [5, 5.41) is 18.1. The van der Waals surface area contributed by atoms with Crippen LogP contribution in [-0.2, 0) is 19.2 Å². The molecule has 1 saturated heterocycles. The fourth-order valence-electron chi connectivity index (χ4n) is 3.28. The topological polar surface area (TPSA) is 70.4 Å². The lowest BCUT2D eigenvalue weighted by Gasteiger charge is -2.25. The van der Waals surface area contributed by atoms with Gasteiger partial charge in [0, 0.05) is 31.4 Å². The molecule has 0 unspecified atom stereocenters. The van der Waals surface area contributed by atoms with Gasteiger partial charge >= 0.3 is 6.03 Å². The van der Waals surface area contributed by atoms with Crippen LogP contribution in [0.5, 0.6) is 0 Å². The number of nitrogens with zero attached hydrogens (tertiary/aromatic N) is 3. The minimum Gasteiger partial charge on any atom is -0.383 e. The molecule has 6 nitrogen and oxygen atoms in total. The summed E-state index contributed by atoms with van der Waals surface area (Å²) in [6, 6.07) is 7.66. The molecule has 0 spiro atoms. The molecule has 1 aromatic carbocycles. The number of carbonyl (C=O) groups excluding carboxylic acids is 1. The number of likely N-dealkylation sites (tertiary alicyclic amines) is 1. The number of hydrogen-bond acceptors (Lipinski definition) is 3. The molecule has 1 atom stereocenters. The van der Waals surface area contributed by atoms with Crippen LogP contribution in [0.2, 0.25) is 0 Å². The zero-order chi connectivity index (χ0) is 17.3. The molecule has 2 amide bonds. The monoisotopic (exact) mass is 328 g/mol. The minimum absolute atomic E-state index is 0.150. The quantitative estimate of drug-likeness (QED) is 0.903. The molecule has 2 aromatic rings. The van der Waals surface area contributed by atoms with Gasteiger partial charge in [-0.05, 0) is 31.4 Å². The SMILES string of the molecule is Cc1ccccc1[C@@]1(O)CCN(C(=O)NCc2cnn(C)c2C)C1. The van der Waals surface area contributed by atoms with Crippen molar-refractivity contribution in [2.75, 3.05) is 13.1 Å². The minimum atomic E-state index is -0.965. The molecule has 24 heavy (non-hydrogen) atoms. The van der Waals surface area contributed by atoms with Crippen molar-refractivity contribution in [1.29, 1.82) is 0 Å². The van der Waals surface area contributed by atoms with Crippen molar-refractivity contribution < 1.29 is 9.90 Å². The van der Waals surface area contributed by atoms with Gasteiger partial charge in [0.25, 0.3) is 0 Å². The van der Waals surface area contributed by atoms with Crippen LogP contribution in [0.4, 0.5) is 4.79 Å². The van der Waals surface area contributed by atoms with Crippen LogP contribution in [0.1, 0.15) is 28.8 Å². The van der Waals surface area contributed by atoms with Gasteiger partial charge < -0.3 is 15.3 Å². The van der Waals surface area contributed by atoms with Crippen molar-refractivity contribution in [3.05, 3.63) is 52.8 Å². The number of carbonyl (C=O) groups is 1. The molecule has 0 aliphatic carbocycles. The van der Waals surface area contributed by atoms with E-state index in [9.17, 15) is 9.90 Å². The number of hydrogen-bond donors (Lipinski definition) is 2. The number of aliphatic hydroxyl groups is 1. The van der Waals surface area contributed by atoms with Gasteiger partial charge in [0.15, 0.2) is 0 Å². The van der Waals surface area contributed by atoms with Crippen LogP contribution in [0.15, 0.2) is 30.5 Å². The van der Waals surface area contributed by atoms with Gasteiger partial charge in [-0.25, -0.2) is 4.79 Å². The summed E-state index contributed by atoms with van der Waals surface area (Å²) in [6.45, 7) is 5.26. The highest BCUT2D eigenvalue weighted by Crippen LogP contribution is 2.33. The first-order valence-corrected chi connectivity index (χ1v) is 8.19. The van der Waals surface area contributed by atoms with E-state index >= 15 is 0 Å². The molecule has 1 fully saturated rings. The summed E-state index contributed by atoms with van der Waals surface area (Å²) < 4.78 is 1.79. The summed E-state index contributed by atoms with van der Waals surface area (Å²) in [7, 11) is 1.88. The van der Waals surface area contributed by atoms with Crippen LogP contribution in [0.3, 0.4) is 0 Å². The summed E-state index contributed by atoms with van der Waals surface area (Å²) in [5.74, 6) is 0. The molecule has 2 heterocycles. The number of benzene rings is 1. The van der Waals surface area contributed by atoms with E-state index in [1.54, 1.807) is 15.8 Å². The number of aromatic nitrogens is 2. The number of urea groups is 1. The maximum Gasteiger partial charge on any atom is 0.317 e. The maximum atomic E-state index is 12.4. The first-order chi connectivity index (χ1) is 11.4. The lowest BCUT2D eigenvalue weighted by Crippen LogP contribution is -2.40. The van der Waals surface area contributed by atoms with Crippen molar-refractivity contribution >= 4 is 6.03 Å². The third-order valence-corrected chi connectivity index (χ3v) is 4.95. The highest BCUT2D eigenvalue weighted by Gasteiger charge is 2.40. The Balaban J connectivity index is 1.64. The van der Waals surface area contributed by atoms with Crippen LogP contribution in [0.25, 0.3) is 0 Å². The van der Waals surface area contributed by atoms with Gasteiger partial charge in [-0.2, -0.15) is 5.10 Å². The van der Waals surface area contributed by atoms with E-state index in [2.05, 4.69) is 10.4 Å². The van der Waals surface area contributed by atoms with Gasteiger partial charge in [0.1, 0.15) is 5.60 Å². The van der Waals surface area contributed by atoms with Crippen molar-refractivity contribution in [2.24, 2.45) is 7.05 Å². The Labute approximate surface area is 142 Å². The summed E-state index contributed by atoms with van der Waals surface area (Å²) >= 11 is 0. The molecule has 0 radical (unpaired) electrons. The van der Waals surface area contributed by atoms with E-state index in [0.717, 1.165) is 22.4 Å². The van der Waals surface area contributed by atoms with Gasteiger partial charge in [0.05, 0.1) is 12.7 Å². The highest BCUT2D eigenvalue weighted by molar-refractivity contribution is 5.74. The Morgan fingerprint density at radius 1 is 1.38 bits per heavy atom. The van der Waals surface area contributed by atoms with E-state index in [-0.39, 0.29) is 6.03 Å². The Morgan fingerprint density at radius 3 is 2.79 bits per heavy atom. The van der Waals surface area contributed by atoms with Crippen LogP contribution >= 0.6 is 0 Å². The Morgan fingerprint density at radius 2 is 2.12 bits per heavy atom. The van der Waals surface area contributed by atoms with Crippen molar-refractivity contribution in [3.8, 4) is 0 Å². The first-order valence-electron chi connectivity index (χ1n) is 8.19. The molecule has 0 bridgehead atoms. The molecule has 128 valence electrons. The van der Waals surface area contributed by atoms with E-state index in [1.165, 1.54) is 0 Å². The van der Waals surface area contributed by atoms with Crippen molar-refractivity contribution in [1.82, 2.24) is 20.0 Å². The first kappa shape index (κ1) is 16.5. The van der Waals surface area contributed by atoms with E-state index < -0.39 is 5.60 Å². The van der Waals surface area contributed by atoms with Gasteiger partial charge in [-0.1, -0.05) is 24.3 Å². The average molecular weight is 328 g/mol. The molecular weight excluding hydrogens is 304 g/mol. The third kappa shape index (κ3) is 3.01. The fraction of sp³-hybridized carbons (Fsp3) is 0.444. The molecule has 6 heteroatoms. The second kappa shape index (κ2) is 6.28. The third-order valence-electron chi connectivity index (χ3n) is 4.95. The Hall–Kier alpha value is -2.34. The van der Waals surface area contributed by atoms with Crippen LogP contribution in [-0.4, -0.2) is 38.9 Å². The molecule has 1 aromatic heterocycles. The summed E-state index contributed by atoms with van der Waals surface area (Å²) in [5.41, 5.74) is 3.02. The van der Waals surface area contributed by atoms with Gasteiger partial charge in [0.2, 0.25) is 0 Å². The second-order valence-corrected chi connectivity index (χ2v) is 6.56. The lowest BCUT2D eigenvalue weighted by atomic mass is 9.89. The van der Waals surface area contributed by atoms with E-state index in [0.29, 0.717) is 26.1 Å². The smallest absolute Gasteiger partial charge is 0.317 e. The molecule has 2 N–H and O–H groups in total.